The highest BCUT2D eigenvalue weighted by Gasteiger charge is 2.32. The monoisotopic (exact) mass is 264 g/mol. The summed E-state index contributed by atoms with van der Waals surface area (Å²) in [6.45, 7) is 1.75. The summed E-state index contributed by atoms with van der Waals surface area (Å²) >= 11 is 0. The zero-order valence-corrected chi connectivity index (χ0v) is 10.9. The Morgan fingerprint density at radius 1 is 0.900 bits per heavy atom. The molecule has 0 spiro atoms. The molecule has 3 rings (SSSR count). The first-order valence-electron chi connectivity index (χ1n) is 6.33. The molecule has 0 radical (unpaired) electrons. The zero-order valence-electron chi connectivity index (χ0n) is 10.9. The number of hydrogen-bond donors (Lipinski definition) is 0. The minimum atomic E-state index is -0.754. The molecule has 0 aromatic heterocycles. The Labute approximate surface area is 116 Å². The van der Waals surface area contributed by atoms with Gasteiger partial charge in [0.2, 0.25) is 11.6 Å². The average molecular weight is 264 g/mol. The summed E-state index contributed by atoms with van der Waals surface area (Å²) < 4.78 is 0. The molecule has 20 heavy (non-hydrogen) atoms. The normalized spacial score (nSPS) is 24.2. The molecule has 1 aromatic carbocycles. The summed E-state index contributed by atoms with van der Waals surface area (Å²) in [6.07, 6.45) is 7.56. The third-order valence-corrected chi connectivity index (χ3v) is 3.68. The van der Waals surface area contributed by atoms with Crippen molar-refractivity contribution in [3.8, 4) is 0 Å². The van der Waals surface area contributed by atoms with E-state index in [1.165, 1.54) is 0 Å². The second kappa shape index (κ2) is 4.23. The molecule has 2 aliphatic rings. The quantitative estimate of drug-likeness (QED) is 0.578. The van der Waals surface area contributed by atoms with E-state index in [1.807, 2.05) is 12.1 Å². The van der Waals surface area contributed by atoms with Crippen molar-refractivity contribution >= 4 is 23.4 Å². The van der Waals surface area contributed by atoms with Gasteiger partial charge in [0.05, 0.1) is 5.41 Å². The maximum Gasteiger partial charge on any atom is 0.234 e. The highest BCUT2D eigenvalue weighted by Crippen LogP contribution is 2.35. The number of carbonyl (C=O) groups is 3. The van der Waals surface area contributed by atoms with Gasteiger partial charge in [0, 0.05) is 11.1 Å². The Hall–Kier alpha value is -2.55. The topological polar surface area (TPSA) is 51.2 Å². The Morgan fingerprint density at radius 2 is 1.50 bits per heavy atom. The molecule has 1 aromatic rings. The molecule has 1 atom stereocenters. The lowest BCUT2D eigenvalue weighted by Crippen LogP contribution is -2.22. The molecule has 0 fully saturated rings. The zero-order chi connectivity index (χ0) is 14.3. The number of hydrogen-bond acceptors (Lipinski definition) is 3. The number of aldehydes is 1. The van der Waals surface area contributed by atoms with Gasteiger partial charge in [0.25, 0.3) is 0 Å². The Balaban J connectivity index is 2.27. The molecule has 3 heteroatoms. The van der Waals surface area contributed by atoms with E-state index >= 15 is 0 Å². The number of fused-ring (bicyclic) bond motifs is 2. The van der Waals surface area contributed by atoms with Crippen LogP contribution in [0.5, 0.6) is 0 Å². The SMILES string of the molecule is CC1(C=O)C=CC2=C(C=C1)c1ccccc1C(=O)C2=O. The smallest absolute Gasteiger partial charge is 0.234 e. The van der Waals surface area contributed by atoms with Crippen LogP contribution in [0.4, 0.5) is 0 Å². The highest BCUT2D eigenvalue weighted by atomic mass is 16.2. The van der Waals surface area contributed by atoms with Crippen LogP contribution in [0.25, 0.3) is 5.57 Å². The van der Waals surface area contributed by atoms with Crippen molar-refractivity contribution in [3.63, 3.8) is 0 Å². The summed E-state index contributed by atoms with van der Waals surface area (Å²) in [5.41, 5.74) is 1.46. The van der Waals surface area contributed by atoms with Crippen LogP contribution >= 0.6 is 0 Å². The van der Waals surface area contributed by atoms with Crippen molar-refractivity contribution in [2.45, 2.75) is 6.92 Å². The van der Waals surface area contributed by atoms with Gasteiger partial charge in [-0.25, -0.2) is 0 Å². The molecule has 0 heterocycles. The molecular formula is C17H12O3. The highest BCUT2D eigenvalue weighted by molar-refractivity contribution is 6.53. The van der Waals surface area contributed by atoms with E-state index < -0.39 is 17.0 Å². The molecule has 0 bridgehead atoms. The Morgan fingerprint density at radius 3 is 2.15 bits per heavy atom. The van der Waals surface area contributed by atoms with Crippen LogP contribution in [0, 0.1) is 5.41 Å². The molecule has 3 nitrogen and oxygen atoms in total. The van der Waals surface area contributed by atoms with Gasteiger partial charge in [-0.15, -0.1) is 0 Å². The molecule has 98 valence electrons. The number of benzene rings is 1. The first kappa shape index (κ1) is 12.5. The van der Waals surface area contributed by atoms with Crippen LogP contribution in [0.1, 0.15) is 22.8 Å². The van der Waals surface area contributed by atoms with E-state index in [0.29, 0.717) is 16.7 Å². The lowest BCUT2D eigenvalue weighted by Gasteiger charge is -2.17. The van der Waals surface area contributed by atoms with Crippen molar-refractivity contribution in [1.82, 2.24) is 0 Å². The van der Waals surface area contributed by atoms with Crippen LogP contribution in [0.3, 0.4) is 0 Å². The van der Waals surface area contributed by atoms with E-state index in [-0.39, 0.29) is 0 Å². The second-order valence-electron chi connectivity index (χ2n) is 5.18. The molecule has 0 aliphatic heterocycles. The third-order valence-electron chi connectivity index (χ3n) is 3.68. The van der Waals surface area contributed by atoms with Gasteiger partial charge in [-0.05, 0) is 18.1 Å². The van der Waals surface area contributed by atoms with E-state index in [2.05, 4.69) is 0 Å². The second-order valence-corrected chi connectivity index (χ2v) is 5.18. The van der Waals surface area contributed by atoms with Gasteiger partial charge >= 0.3 is 0 Å². The van der Waals surface area contributed by atoms with Gasteiger partial charge in [-0.1, -0.05) is 48.6 Å². The number of ketones is 2. The molecule has 1 unspecified atom stereocenters. The van der Waals surface area contributed by atoms with Gasteiger partial charge in [0.1, 0.15) is 6.29 Å². The Kier molecular flexibility index (Phi) is 2.64. The lowest BCUT2D eigenvalue weighted by molar-refractivity contribution is -0.112. The standard InChI is InChI=1S/C17H12O3/c1-17(10-18)8-6-12-11-4-2-3-5-13(11)15(19)16(20)14(12)7-9-17/h2-10H,1H3. The van der Waals surface area contributed by atoms with Crippen LogP contribution in [-0.2, 0) is 9.59 Å². The van der Waals surface area contributed by atoms with Crippen molar-refractivity contribution in [2.75, 3.05) is 0 Å². The number of rotatable bonds is 1. The van der Waals surface area contributed by atoms with E-state index in [9.17, 15) is 14.4 Å². The maximum absolute atomic E-state index is 12.2. The fourth-order valence-corrected chi connectivity index (χ4v) is 2.43. The molecule has 0 saturated carbocycles. The van der Waals surface area contributed by atoms with Gasteiger partial charge in [-0.2, -0.15) is 0 Å². The van der Waals surface area contributed by atoms with E-state index in [0.717, 1.165) is 11.8 Å². The molecule has 2 aliphatic carbocycles. The molecular weight excluding hydrogens is 252 g/mol. The summed E-state index contributed by atoms with van der Waals surface area (Å²) in [5.74, 6) is -1.01. The lowest BCUT2D eigenvalue weighted by atomic mass is 9.84. The summed E-state index contributed by atoms with van der Waals surface area (Å²) in [5, 5.41) is 0. The predicted octanol–water partition coefficient (Wildman–Crippen LogP) is 2.54. The van der Waals surface area contributed by atoms with Crippen molar-refractivity contribution in [2.24, 2.45) is 5.41 Å². The van der Waals surface area contributed by atoms with E-state index in [1.54, 1.807) is 43.4 Å². The summed E-state index contributed by atoms with van der Waals surface area (Å²) in [4.78, 5) is 35.5. The van der Waals surface area contributed by atoms with Crippen molar-refractivity contribution in [3.05, 3.63) is 65.3 Å². The van der Waals surface area contributed by atoms with Crippen LogP contribution in [0.2, 0.25) is 0 Å². The van der Waals surface area contributed by atoms with E-state index in [4.69, 9.17) is 0 Å². The largest absolute Gasteiger partial charge is 0.302 e. The molecule has 0 N–H and O–H groups in total. The number of carbonyl (C=O) groups excluding carboxylic acids is 3. The summed E-state index contributed by atoms with van der Waals surface area (Å²) in [6, 6.07) is 7.03. The fraction of sp³-hybridized carbons (Fsp3) is 0.118. The first-order valence-corrected chi connectivity index (χ1v) is 6.33. The molecule has 0 amide bonds. The van der Waals surface area contributed by atoms with Crippen LogP contribution in [-0.4, -0.2) is 17.9 Å². The van der Waals surface area contributed by atoms with Crippen LogP contribution < -0.4 is 0 Å². The minimum Gasteiger partial charge on any atom is -0.302 e. The number of allylic oxidation sites excluding steroid dienone is 6. The third kappa shape index (κ3) is 1.71. The minimum absolute atomic E-state index is 0.357. The molecule has 0 saturated heterocycles. The van der Waals surface area contributed by atoms with Crippen molar-refractivity contribution < 1.29 is 14.4 Å². The van der Waals surface area contributed by atoms with Gasteiger partial charge in [0.15, 0.2) is 0 Å². The average Bonchev–Trinajstić information content (AvgIpc) is 2.65. The Bertz CT molecular complexity index is 734. The number of Topliss-reactive ketones (excluding diaryl/α,β-unsaturated/α-hetero) is 2. The van der Waals surface area contributed by atoms with Crippen LogP contribution in [0.15, 0.2) is 54.1 Å². The van der Waals surface area contributed by atoms with Gasteiger partial charge < -0.3 is 4.79 Å². The summed E-state index contributed by atoms with van der Waals surface area (Å²) in [7, 11) is 0. The van der Waals surface area contributed by atoms with Crippen molar-refractivity contribution in [1.29, 1.82) is 0 Å². The fourth-order valence-electron chi connectivity index (χ4n) is 2.43. The maximum atomic E-state index is 12.2. The first-order chi connectivity index (χ1) is 9.56. The predicted molar refractivity (Wildman–Crippen MR) is 75.2 cm³/mol. The van der Waals surface area contributed by atoms with Gasteiger partial charge in [-0.3, -0.25) is 9.59 Å².